The molecule has 29 heavy (non-hydrogen) atoms. The maximum Gasteiger partial charge on any atom is 0.339 e. The Labute approximate surface area is 165 Å². The molecule has 0 fully saturated rings. The molecule has 1 N–H and O–H groups in total. The largest absolute Gasteiger partial charge is 0.482 e. The number of fused-ring (bicyclic) bond motifs is 1. The van der Waals surface area contributed by atoms with Crippen molar-refractivity contribution in [2.75, 3.05) is 21.3 Å². The van der Waals surface area contributed by atoms with Gasteiger partial charge in [0, 0.05) is 0 Å². The average molecular weight is 420 g/mol. The number of benzene rings is 1. The van der Waals surface area contributed by atoms with Crippen LogP contribution in [0.15, 0.2) is 41.6 Å². The molecule has 3 aromatic rings. The van der Waals surface area contributed by atoms with Crippen molar-refractivity contribution in [2.45, 2.75) is 4.90 Å². The van der Waals surface area contributed by atoms with E-state index in [2.05, 4.69) is 14.7 Å². The smallest absolute Gasteiger partial charge is 0.339 e. The van der Waals surface area contributed by atoms with Crippen molar-refractivity contribution < 1.29 is 32.2 Å². The van der Waals surface area contributed by atoms with Gasteiger partial charge in [-0.25, -0.2) is 22.9 Å². The van der Waals surface area contributed by atoms with Crippen LogP contribution in [-0.2, 0) is 14.8 Å². The van der Waals surface area contributed by atoms with Gasteiger partial charge in [-0.1, -0.05) is 12.1 Å². The third-order valence-corrected chi connectivity index (χ3v) is 5.27. The predicted molar refractivity (Wildman–Crippen MR) is 98.5 cm³/mol. The van der Waals surface area contributed by atoms with Crippen LogP contribution < -0.4 is 14.2 Å². The monoisotopic (exact) mass is 420 g/mol. The normalized spacial score (nSPS) is 11.1. The summed E-state index contributed by atoms with van der Waals surface area (Å²) in [7, 11) is -0.510. The summed E-state index contributed by atoms with van der Waals surface area (Å²) in [5.41, 5.74) is -0.470. The van der Waals surface area contributed by atoms with E-state index in [1.165, 1.54) is 55.3 Å². The first-order valence-electron chi connectivity index (χ1n) is 8.03. The fourth-order valence-electron chi connectivity index (χ4n) is 2.55. The van der Waals surface area contributed by atoms with Gasteiger partial charge < -0.3 is 14.2 Å². The van der Waals surface area contributed by atoms with E-state index < -0.39 is 26.8 Å². The van der Waals surface area contributed by atoms with E-state index in [-0.39, 0.29) is 28.7 Å². The van der Waals surface area contributed by atoms with Crippen molar-refractivity contribution in [3.63, 3.8) is 0 Å². The van der Waals surface area contributed by atoms with Crippen LogP contribution in [0.2, 0.25) is 0 Å². The summed E-state index contributed by atoms with van der Waals surface area (Å²) in [6.07, 6.45) is 1.25. The third-order valence-electron chi connectivity index (χ3n) is 3.89. The molecule has 0 aliphatic heterocycles. The molecular weight excluding hydrogens is 404 g/mol. The van der Waals surface area contributed by atoms with Crippen LogP contribution in [-0.4, -0.2) is 56.0 Å². The summed E-state index contributed by atoms with van der Waals surface area (Å²) in [4.78, 5) is 32.1. The highest BCUT2D eigenvalue weighted by molar-refractivity contribution is 7.90. The van der Waals surface area contributed by atoms with Crippen LogP contribution in [0.25, 0.3) is 5.65 Å². The Morgan fingerprint density at radius 1 is 1.10 bits per heavy atom. The van der Waals surface area contributed by atoms with Crippen molar-refractivity contribution in [3.8, 4) is 11.8 Å². The van der Waals surface area contributed by atoms with Gasteiger partial charge in [-0.15, -0.1) is 0 Å². The van der Waals surface area contributed by atoms with Crippen molar-refractivity contribution >= 4 is 27.5 Å². The average Bonchev–Trinajstić information content (AvgIpc) is 3.16. The summed E-state index contributed by atoms with van der Waals surface area (Å²) in [6.45, 7) is 0. The van der Waals surface area contributed by atoms with E-state index in [1.807, 2.05) is 4.72 Å². The van der Waals surface area contributed by atoms with Crippen molar-refractivity contribution in [3.05, 3.63) is 47.9 Å². The van der Waals surface area contributed by atoms with Crippen molar-refractivity contribution in [1.82, 2.24) is 19.1 Å². The molecule has 152 valence electrons. The van der Waals surface area contributed by atoms with Crippen LogP contribution in [0.1, 0.15) is 20.8 Å². The van der Waals surface area contributed by atoms with E-state index in [0.29, 0.717) is 0 Å². The van der Waals surface area contributed by atoms with Gasteiger partial charge in [0.1, 0.15) is 11.2 Å². The third kappa shape index (κ3) is 3.69. The number of carbonyl (C=O) groups excluding carboxylic acids is 2. The van der Waals surface area contributed by atoms with Crippen LogP contribution >= 0.6 is 0 Å². The fraction of sp³-hybridized carbons (Fsp3) is 0.176. The van der Waals surface area contributed by atoms with Gasteiger partial charge in [0.05, 0.1) is 33.0 Å². The fourth-order valence-corrected chi connectivity index (χ4v) is 3.70. The van der Waals surface area contributed by atoms with Gasteiger partial charge in [0.25, 0.3) is 15.9 Å². The summed E-state index contributed by atoms with van der Waals surface area (Å²) < 4.78 is 43.5. The van der Waals surface area contributed by atoms with E-state index in [4.69, 9.17) is 9.47 Å². The van der Waals surface area contributed by atoms with Gasteiger partial charge >= 0.3 is 5.97 Å². The number of esters is 1. The molecule has 2 aromatic heterocycles. The van der Waals surface area contributed by atoms with E-state index in [0.717, 1.165) is 7.11 Å². The zero-order valence-corrected chi connectivity index (χ0v) is 16.4. The van der Waals surface area contributed by atoms with E-state index in [1.54, 1.807) is 0 Å². The Morgan fingerprint density at radius 2 is 1.83 bits per heavy atom. The van der Waals surface area contributed by atoms with Gasteiger partial charge in [0.15, 0.2) is 11.3 Å². The van der Waals surface area contributed by atoms with Gasteiger partial charge in [-0.05, 0) is 12.1 Å². The number of nitrogens with one attached hydrogen (secondary N) is 1. The summed E-state index contributed by atoms with van der Waals surface area (Å²) in [6, 6.07) is 6.80. The van der Waals surface area contributed by atoms with Crippen LogP contribution in [0.3, 0.4) is 0 Å². The Kier molecular flexibility index (Phi) is 5.37. The van der Waals surface area contributed by atoms with Gasteiger partial charge in [-0.2, -0.15) is 4.98 Å². The number of ether oxygens (including phenoxy) is 3. The number of rotatable bonds is 6. The lowest BCUT2D eigenvalue weighted by Crippen LogP contribution is -2.32. The molecule has 3 rings (SSSR count). The number of carbonyl (C=O) groups is 2. The SMILES string of the molecule is COC(=O)c1ccccc1S(=O)(=O)NC(=O)c1ncn2c(OC)cc(OC)nc12. The molecule has 0 spiro atoms. The van der Waals surface area contributed by atoms with E-state index in [9.17, 15) is 18.0 Å². The predicted octanol–water partition coefficient (Wildman–Crippen LogP) is 0.652. The maximum absolute atomic E-state index is 12.7. The lowest BCUT2D eigenvalue weighted by molar-refractivity contribution is 0.0596. The molecule has 1 aromatic carbocycles. The molecule has 11 nitrogen and oxygen atoms in total. The molecule has 0 aliphatic carbocycles. The van der Waals surface area contributed by atoms with Crippen LogP contribution in [0.4, 0.5) is 0 Å². The molecule has 0 aliphatic rings. The molecular formula is C17H16N4O7S. The van der Waals surface area contributed by atoms with Crippen molar-refractivity contribution in [1.29, 1.82) is 0 Å². The first kappa shape index (κ1) is 20.1. The summed E-state index contributed by atoms with van der Waals surface area (Å²) >= 11 is 0. The highest BCUT2D eigenvalue weighted by Gasteiger charge is 2.27. The molecule has 0 unspecified atom stereocenters. The Hall–Kier alpha value is -3.67. The Balaban J connectivity index is 2.02. The van der Waals surface area contributed by atoms with Crippen LogP contribution in [0, 0.1) is 0 Å². The second kappa shape index (κ2) is 7.75. The van der Waals surface area contributed by atoms with Crippen molar-refractivity contribution in [2.24, 2.45) is 0 Å². The zero-order valence-electron chi connectivity index (χ0n) is 15.6. The Bertz CT molecular complexity index is 1200. The highest BCUT2D eigenvalue weighted by Crippen LogP contribution is 2.22. The van der Waals surface area contributed by atoms with Gasteiger partial charge in [-0.3, -0.25) is 9.20 Å². The molecule has 0 saturated carbocycles. The lowest BCUT2D eigenvalue weighted by Gasteiger charge is -2.10. The summed E-state index contributed by atoms with van der Waals surface area (Å²) in [5.74, 6) is -1.49. The molecule has 0 atom stereocenters. The highest BCUT2D eigenvalue weighted by atomic mass is 32.2. The summed E-state index contributed by atoms with van der Waals surface area (Å²) in [5, 5.41) is 0. The number of amides is 1. The second-order valence-corrected chi connectivity index (χ2v) is 7.20. The quantitative estimate of drug-likeness (QED) is 0.570. The molecule has 0 bridgehead atoms. The second-order valence-electron chi connectivity index (χ2n) is 5.55. The molecule has 0 radical (unpaired) electrons. The first-order valence-corrected chi connectivity index (χ1v) is 9.51. The number of nitrogens with zero attached hydrogens (tertiary/aromatic N) is 3. The first-order chi connectivity index (χ1) is 13.8. The zero-order chi connectivity index (χ0) is 21.2. The minimum Gasteiger partial charge on any atom is -0.482 e. The topological polar surface area (TPSA) is 138 Å². The maximum atomic E-state index is 12.7. The minimum absolute atomic E-state index is 0.0233. The lowest BCUT2D eigenvalue weighted by atomic mass is 10.2. The number of imidazole rings is 1. The molecule has 2 heterocycles. The van der Waals surface area contributed by atoms with E-state index >= 15 is 0 Å². The van der Waals surface area contributed by atoms with Crippen LogP contribution in [0.5, 0.6) is 11.8 Å². The standard InChI is InChI=1S/C17H16N4O7S/c1-26-12-8-13(27-2)21-9-18-14(15(21)19-12)16(22)20-29(24,25)11-7-5-4-6-10(11)17(23)28-3/h4-9H,1-3H3,(H,20,22). The number of methoxy groups -OCH3 is 3. The number of sulfonamides is 1. The van der Waals surface area contributed by atoms with Gasteiger partial charge in [0.2, 0.25) is 11.8 Å². The number of hydrogen-bond donors (Lipinski definition) is 1. The Morgan fingerprint density at radius 3 is 2.48 bits per heavy atom. The minimum atomic E-state index is -4.41. The number of aromatic nitrogens is 3. The number of hydrogen-bond acceptors (Lipinski definition) is 9. The molecule has 12 heteroatoms. The molecule has 0 saturated heterocycles. The molecule has 1 amide bonds.